The third kappa shape index (κ3) is 4.07. The van der Waals surface area contributed by atoms with Gasteiger partial charge in [0, 0.05) is 12.6 Å². The summed E-state index contributed by atoms with van der Waals surface area (Å²) in [4.78, 5) is 0. The minimum atomic E-state index is 0.512. The van der Waals surface area contributed by atoms with Gasteiger partial charge in [0.1, 0.15) is 0 Å². The van der Waals surface area contributed by atoms with E-state index in [1.807, 2.05) is 0 Å². The molecule has 1 heteroatoms. The van der Waals surface area contributed by atoms with Gasteiger partial charge in [0.2, 0.25) is 0 Å². The quantitative estimate of drug-likeness (QED) is 0.801. The summed E-state index contributed by atoms with van der Waals surface area (Å²) in [6.45, 7) is 7.90. The Hall–Kier alpha value is -0.820. The number of rotatable bonds is 6. The summed E-state index contributed by atoms with van der Waals surface area (Å²) in [5.74, 6) is 0. The van der Waals surface area contributed by atoms with Gasteiger partial charge in [-0.3, -0.25) is 0 Å². The van der Waals surface area contributed by atoms with Gasteiger partial charge in [-0.25, -0.2) is 0 Å². The van der Waals surface area contributed by atoms with Crippen LogP contribution in [0.1, 0.15) is 57.6 Å². The van der Waals surface area contributed by atoms with E-state index in [1.165, 1.54) is 49.8 Å². The van der Waals surface area contributed by atoms with Crippen LogP contribution in [-0.2, 0) is 12.8 Å². The van der Waals surface area contributed by atoms with Gasteiger partial charge in [0.25, 0.3) is 0 Å². The first-order chi connectivity index (χ1) is 9.13. The van der Waals surface area contributed by atoms with Crippen molar-refractivity contribution in [3.63, 3.8) is 0 Å². The molecular weight excluding hydrogens is 230 g/mol. The highest BCUT2D eigenvalue weighted by Crippen LogP contribution is 2.40. The van der Waals surface area contributed by atoms with Gasteiger partial charge < -0.3 is 5.32 Å². The van der Waals surface area contributed by atoms with E-state index < -0.39 is 0 Å². The number of nitrogens with one attached hydrogen (secondary N) is 1. The van der Waals surface area contributed by atoms with Gasteiger partial charge in [0.05, 0.1) is 0 Å². The highest BCUT2D eigenvalue weighted by Gasteiger charge is 2.33. The van der Waals surface area contributed by atoms with Gasteiger partial charge in [-0.2, -0.15) is 0 Å². The fraction of sp³-hybridized carbons (Fsp3) is 0.667. The van der Waals surface area contributed by atoms with Crippen molar-refractivity contribution in [1.29, 1.82) is 0 Å². The average Bonchev–Trinajstić information content (AvgIpc) is 2.86. The zero-order chi connectivity index (χ0) is 13.7. The van der Waals surface area contributed by atoms with Crippen LogP contribution in [0, 0.1) is 5.41 Å². The van der Waals surface area contributed by atoms with E-state index in [1.54, 1.807) is 0 Å². The average molecular weight is 259 g/mol. The van der Waals surface area contributed by atoms with Crippen molar-refractivity contribution in [1.82, 2.24) is 5.32 Å². The van der Waals surface area contributed by atoms with Crippen LogP contribution in [0.5, 0.6) is 0 Å². The van der Waals surface area contributed by atoms with E-state index in [0.29, 0.717) is 11.5 Å². The Bertz CT molecular complexity index is 371. The summed E-state index contributed by atoms with van der Waals surface area (Å²) < 4.78 is 0. The van der Waals surface area contributed by atoms with E-state index in [9.17, 15) is 0 Å². The first-order valence-corrected chi connectivity index (χ1v) is 7.95. The molecule has 0 unspecified atom stereocenters. The maximum Gasteiger partial charge on any atom is 0.00134 e. The normalized spacial score (nSPS) is 18.1. The van der Waals surface area contributed by atoms with Crippen LogP contribution in [-0.4, -0.2) is 12.6 Å². The van der Waals surface area contributed by atoms with Crippen LogP contribution in [0.4, 0.5) is 0 Å². The van der Waals surface area contributed by atoms with Crippen LogP contribution in [0.2, 0.25) is 0 Å². The zero-order valence-electron chi connectivity index (χ0n) is 12.8. The smallest absolute Gasteiger partial charge is 0.00134 e. The summed E-state index contributed by atoms with van der Waals surface area (Å²) >= 11 is 0. The second-order valence-corrected chi connectivity index (χ2v) is 6.59. The third-order valence-electron chi connectivity index (χ3n) is 4.56. The number of hydrogen-bond acceptors (Lipinski definition) is 1. The predicted molar refractivity (Wildman–Crippen MR) is 83.6 cm³/mol. The summed E-state index contributed by atoms with van der Waals surface area (Å²) in [5, 5.41) is 3.67. The van der Waals surface area contributed by atoms with E-state index in [2.05, 4.69) is 50.4 Å². The Labute approximate surface area is 118 Å². The molecule has 1 nitrogen and oxygen atoms in total. The van der Waals surface area contributed by atoms with Crippen molar-refractivity contribution in [3.05, 3.63) is 35.4 Å². The molecule has 0 heterocycles. The number of benzene rings is 1. The molecule has 0 aromatic heterocycles. The Kier molecular flexibility index (Phi) is 5.04. The molecule has 19 heavy (non-hydrogen) atoms. The molecule has 2 rings (SSSR count). The summed E-state index contributed by atoms with van der Waals surface area (Å²) in [6, 6.07) is 9.88. The van der Waals surface area contributed by atoms with E-state index in [4.69, 9.17) is 0 Å². The summed E-state index contributed by atoms with van der Waals surface area (Å²) in [7, 11) is 0. The SMILES string of the molecule is CCc1ccc(CC2(CNC(C)C)CCCC2)cc1. The highest BCUT2D eigenvalue weighted by molar-refractivity contribution is 5.23. The molecule has 1 N–H and O–H groups in total. The van der Waals surface area contributed by atoms with Crippen LogP contribution >= 0.6 is 0 Å². The Morgan fingerprint density at radius 2 is 1.63 bits per heavy atom. The molecule has 1 fully saturated rings. The van der Waals surface area contributed by atoms with Crippen LogP contribution in [0.15, 0.2) is 24.3 Å². The molecule has 0 atom stereocenters. The Morgan fingerprint density at radius 3 is 2.16 bits per heavy atom. The standard InChI is InChI=1S/C18H29N/c1-4-16-7-9-17(10-8-16)13-18(11-5-6-12-18)14-19-15(2)3/h7-10,15,19H,4-6,11-14H2,1-3H3. The van der Waals surface area contributed by atoms with Crippen molar-refractivity contribution in [2.24, 2.45) is 5.41 Å². The van der Waals surface area contributed by atoms with Gasteiger partial charge in [-0.05, 0) is 42.2 Å². The van der Waals surface area contributed by atoms with E-state index >= 15 is 0 Å². The molecule has 1 aliphatic rings. The zero-order valence-corrected chi connectivity index (χ0v) is 12.8. The molecule has 0 aliphatic heterocycles. The first-order valence-electron chi connectivity index (χ1n) is 7.95. The molecule has 0 amide bonds. The molecule has 106 valence electrons. The Balaban J connectivity index is 2.02. The Morgan fingerprint density at radius 1 is 1.05 bits per heavy atom. The first kappa shape index (κ1) is 14.6. The lowest BCUT2D eigenvalue weighted by Gasteiger charge is -2.30. The van der Waals surface area contributed by atoms with Crippen molar-refractivity contribution in [3.8, 4) is 0 Å². The van der Waals surface area contributed by atoms with Gasteiger partial charge >= 0.3 is 0 Å². The molecule has 1 aromatic rings. The lowest BCUT2D eigenvalue weighted by atomic mass is 9.79. The summed E-state index contributed by atoms with van der Waals surface area (Å²) in [6.07, 6.45) is 7.99. The lowest BCUT2D eigenvalue weighted by molar-refractivity contribution is 0.269. The molecule has 0 saturated heterocycles. The fourth-order valence-corrected chi connectivity index (χ4v) is 3.29. The van der Waals surface area contributed by atoms with Crippen molar-refractivity contribution in [2.75, 3.05) is 6.54 Å². The second-order valence-electron chi connectivity index (χ2n) is 6.59. The minimum absolute atomic E-state index is 0.512. The lowest BCUT2D eigenvalue weighted by Crippen LogP contribution is -2.37. The van der Waals surface area contributed by atoms with Gasteiger partial charge in [-0.15, -0.1) is 0 Å². The third-order valence-corrected chi connectivity index (χ3v) is 4.56. The maximum atomic E-state index is 3.67. The number of aryl methyl sites for hydroxylation is 1. The summed E-state index contributed by atoms with van der Waals surface area (Å²) in [5.41, 5.74) is 3.48. The van der Waals surface area contributed by atoms with Crippen molar-refractivity contribution < 1.29 is 0 Å². The largest absolute Gasteiger partial charge is 0.314 e. The van der Waals surface area contributed by atoms with Gasteiger partial charge in [0.15, 0.2) is 0 Å². The predicted octanol–water partition coefficient (Wildman–Crippen LogP) is 4.35. The monoisotopic (exact) mass is 259 g/mol. The van der Waals surface area contributed by atoms with Crippen molar-refractivity contribution >= 4 is 0 Å². The van der Waals surface area contributed by atoms with Crippen LogP contribution < -0.4 is 5.32 Å². The highest BCUT2D eigenvalue weighted by atomic mass is 14.9. The fourth-order valence-electron chi connectivity index (χ4n) is 3.29. The molecule has 1 aliphatic carbocycles. The minimum Gasteiger partial charge on any atom is -0.314 e. The van der Waals surface area contributed by atoms with E-state index in [0.717, 1.165) is 6.42 Å². The molecule has 0 spiro atoms. The van der Waals surface area contributed by atoms with E-state index in [-0.39, 0.29) is 0 Å². The van der Waals surface area contributed by atoms with Crippen LogP contribution in [0.25, 0.3) is 0 Å². The second kappa shape index (κ2) is 6.56. The molecule has 1 aromatic carbocycles. The molecular formula is C18H29N. The molecule has 0 bridgehead atoms. The van der Waals surface area contributed by atoms with Gasteiger partial charge in [-0.1, -0.05) is 57.9 Å². The van der Waals surface area contributed by atoms with Crippen LogP contribution in [0.3, 0.4) is 0 Å². The molecule has 1 saturated carbocycles. The number of hydrogen-bond donors (Lipinski definition) is 1. The molecule has 0 radical (unpaired) electrons. The maximum absolute atomic E-state index is 3.67. The van der Waals surface area contributed by atoms with Crippen molar-refractivity contribution in [2.45, 2.75) is 65.3 Å². The topological polar surface area (TPSA) is 12.0 Å².